The monoisotopic (exact) mass is 397 g/mol. The van der Waals surface area contributed by atoms with Crippen molar-refractivity contribution in [2.45, 2.75) is 52.1 Å². The van der Waals surface area contributed by atoms with E-state index in [4.69, 9.17) is 4.42 Å². The first-order valence-electron chi connectivity index (χ1n) is 10.4. The molecular weight excluding hydrogens is 366 g/mol. The lowest BCUT2D eigenvalue weighted by atomic mass is 9.85. The molecule has 0 radical (unpaired) electrons. The van der Waals surface area contributed by atoms with E-state index in [1.807, 2.05) is 49.0 Å². The Bertz CT molecular complexity index is 841. The van der Waals surface area contributed by atoms with Crippen LogP contribution in [0.2, 0.25) is 0 Å². The van der Waals surface area contributed by atoms with E-state index in [0.29, 0.717) is 12.3 Å². The van der Waals surface area contributed by atoms with Gasteiger partial charge in [0.05, 0.1) is 6.26 Å². The maximum absolute atomic E-state index is 13.0. The van der Waals surface area contributed by atoms with Crippen LogP contribution in [-0.4, -0.2) is 36.9 Å². The number of rotatable bonds is 8. The Morgan fingerprint density at radius 3 is 2.55 bits per heavy atom. The molecule has 0 unspecified atom stereocenters. The molecule has 1 aliphatic carbocycles. The summed E-state index contributed by atoms with van der Waals surface area (Å²) in [6.07, 6.45) is 5.41. The molecule has 3 rings (SSSR count). The highest BCUT2D eigenvalue weighted by Crippen LogP contribution is 2.30. The average molecular weight is 398 g/mol. The standard InChI is InChI=1S/C23H31N3O3/c1-5-16(2)26(23(28)21-10-7-13-29-21)15-18-14-19(11-12-20(18)25(3)4)24-22(27)17-8-6-9-17/h7,10-14,16-17H,5-6,8-9,15H2,1-4H3,(H,24,27)/t16-/m0/s1. The second-order valence-corrected chi connectivity index (χ2v) is 8.02. The van der Waals surface area contributed by atoms with Gasteiger partial charge in [0.25, 0.3) is 5.91 Å². The molecule has 2 amide bonds. The number of benzene rings is 1. The van der Waals surface area contributed by atoms with Crippen molar-refractivity contribution in [3.8, 4) is 0 Å². The smallest absolute Gasteiger partial charge is 0.290 e. The van der Waals surface area contributed by atoms with Crippen LogP contribution in [0.5, 0.6) is 0 Å². The summed E-state index contributed by atoms with van der Waals surface area (Å²) in [6.45, 7) is 4.54. The van der Waals surface area contributed by atoms with Crippen LogP contribution in [0.15, 0.2) is 41.0 Å². The molecule has 1 aromatic carbocycles. The van der Waals surface area contributed by atoms with Crippen molar-refractivity contribution < 1.29 is 14.0 Å². The Balaban J connectivity index is 1.87. The third kappa shape index (κ3) is 4.81. The third-order valence-electron chi connectivity index (χ3n) is 5.76. The second-order valence-electron chi connectivity index (χ2n) is 8.02. The Morgan fingerprint density at radius 1 is 1.24 bits per heavy atom. The Labute approximate surface area is 172 Å². The van der Waals surface area contributed by atoms with Gasteiger partial charge in [0.2, 0.25) is 5.91 Å². The van der Waals surface area contributed by atoms with Crippen LogP contribution in [0.4, 0.5) is 11.4 Å². The van der Waals surface area contributed by atoms with E-state index in [-0.39, 0.29) is 23.8 Å². The van der Waals surface area contributed by atoms with Crippen molar-refractivity contribution in [3.05, 3.63) is 47.9 Å². The first-order valence-corrected chi connectivity index (χ1v) is 10.4. The van der Waals surface area contributed by atoms with Crippen molar-refractivity contribution in [3.63, 3.8) is 0 Å². The lowest BCUT2D eigenvalue weighted by molar-refractivity contribution is -0.122. The molecule has 1 aromatic heterocycles. The first kappa shape index (κ1) is 21.0. The van der Waals surface area contributed by atoms with Gasteiger partial charge in [0, 0.05) is 44.0 Å². The van der Waals surface area contributed by atoms with Crippen molar-refractivity contribution in [2.24, 2.45) is 5.92 Å². The number of amides is 2. The Hall–Kier alpha value is -2.76. The maximum atomic E-state index is 13.0. The molecule has 0 bridgehead atoms. The fourth-order valence-electron chi connectivity index (χ4n) is 3.51. The second kappa shape index (κ2) is 9.16. The van der Waals surface area contributed by atoms with Gasteiger partial charge in [-0.2, -0.15) is 0 Å². The topological polar surface area (TPSA) is 65.8 Å². The van der Waals surface area contributed by atoms with E-state index in [0.717, 1.165) is 42.6 Å². The first-order chi connectivity index (χ1) is 13.9. The van der Waals surface area contributed by atoms with E-state index in [2.05, 4.69) is 12.2 Å². The molecule has 29 heavy (non-hydrogen) atoms. The molecule has 156 valence electrons. The normalized spacial score (nSPS) is 14.8. The van der Waals surface area contributed by atoms with Crippen molar-refractivity contribution >= 4 is 23.2 Å². The van der Waals surface area contributed by atoms with Crippen LogP contribution in [0.1, 0.15) is 55.6 Å². The van der Waals surface area contributed by atoms with Crippen LogP contribution < -0.4 is 10.2 Å². The largest absolute Gasteiger partial charge is 0.459 e. The van der Waals surface area contributed by atoms with Crippen molar-refractivity contribution in [2.75, 3.05) is 24.3 Å². The number of anilines is 2. The summed E-state index contributed by atoms with van der Waals surface area (Å²) in [7, 11) is 3.96. The maximum Gasteiger partial charge on any atom is 0.290 e. The van der Waals surface area contributed by atoms with Gasteiger partial charge in [-0.25, -0.2) is 0 Å². The number of hydrogen-bond donors (Lipinski definition) is 1. The van der Waals surface area contributed by atoms with E-state index in [1.54, 1.807) is 12.1 Å². The van der Waals surface area contributed by atoms with Crippen LogP contribution in [0.3, 0.4) is 0 Å². The molecule has 1 saturated carbocycles. The van der Waals surface area contributed by atoms with Gasteiger partial charge in [-0.1, -0.05) is 13.3 Å². The Kier molecular flexibility index (Phi) is 6.62. The fourth-order valence-corrected chi connectivity index (χ4v) is 3.51. The number of hydrogen-bond acceptors (Lipinski definition) is 4. The van der Waals surface area contributed by atoms with E-state index in [1.165, 1.54) is 6.26 Å². The quantitative estimate of drug-likeness (QED) is 0.711. The number of carbonyl (C=O) groups excluding carboxylic acids is 2. The summed E-state index contributed by atoms with van der Waals surface area (Å²) in [5.74, 6) is 0.429. The molecule has 0 saturated heterocycles. The van der Waals surface area contributed by atoms with Crippen molar-refractivity contribution in [1.29, 1.82) is 0 Å². The van der Waals surface area contributed by atoms with Gasteiger partial charge in [-0.15, -0.1) is 0 Å². The predicted octanol–water partition coefficient (Wildman–Crippen LogP) is 4.53. The molecule has 1 atom stereocenters. The number of carbonyl (C=O) groups is 2. The minimum Gasteiger partial charge on any atom is -0.459 e. The van der Waals surface area contributed by atoms with Gasteiger partial charge in [-0.05, 0) is 62.1 Å². The minimum absolute atomic E-state index is 0.0517. The summed E-state index contributed by atoms with van der Waals surface area (Å²) in [5.41, 5.74) is 2.78. The van der Waals surface area contributed by atoms with Crippen LogP contribution in [0.25, 0.3) is 0 Å². The lowest BCUT2D eigenvalue weighted by Crippen LogP contribution is -2.38. The van der Waals surface area contributed by atoms with Crippen molar-refractivity contribution in [1.82, 2.24) is 4.90 Å². The highest BCUT2D eigenvalue weighted by atomic mass is 16.3. The summed E-state index contributed by atoms with van der Waals surface area (Å²) in [5, 5.41) is 3.04. The van der Waals surface area contributed by atoms with E-state index in [9.17, 15) is 9.59 Å². The van der Waals surface area contributed by atoms with E-state index >= 15 is 0 Å². The molecule has 0 spiro atoms. The number of nitrogens with zero attached hydrogens (tertiary/aromatic N) is 2. The van der Waals surface area contributed by atoms with Gasteiger partial charge in [0.15, 0.2) is 5.76 Å². The molecule has 6 nitrogen and oxygen atoms in total. The summed E-state index contributed by atoms with van der Waals surface area (Å²) in [6, 6.07) is 9.38. The molecular formula is C23H31N3O3. The van der Waals surface area contributed by atoms with Crippen LogP contribution in [0, 0.1) is 5.92 Å². The average Bonchev–Trinajstić information content (AvgIpc) is 3.18. The minimum atomic E-state index is -0.127. The zero-order valence-electron chi connectivity index (χ0n) is 17.8. The molecule has 1 N–H and O–H groups in total. The van der Waals surface area contributed by atoms with Gasteiger partial charge in [0.1, 0.15) is 0 Å². The number of nitrogens with one attached hydrogen (secondary N) is 1. The molecule has 2 aromatic rings. The van der Waals surface area contributed by atoms with Crippen LogP contribution >= 0.6 is 0 Å². The van der Waals surface area contributed by atoms with Crippen LogP contribution in [-0.2, 0) is 11.3 Å². The number of furan rings is 1. The van der Waals surface area contributed by atoms with Gasteiger partial charge < -0.3 is 19.5 Å². The zero-order valence-corrected chi connectivity index (χ0v) is 17.8. The Morgan fingerprint density at radius 2 is 2.00 bits per heavy atom. The third-order valence-corrected chi connectivity index (χ3v) is 5.76. The molecule has 1 aliphatic rings. The highest BCUT2D eigenvalue weighted by Gasteiger charge is 2.26. The summed E-state index contributed by atoms with van der Waals surface area (Å²) < 4.78 is 5.35. The van der Waals surface area contributed by atoms with E-state index < -0.39 is 0 Å². The predicted molar refractivity (Wildman–Crippen MR) is 115 cm³/mol. The summed E-state index contributed by atoms with van der Waals surface area (Å²) in [4.78, 5) is 29.3. The zero-order chi connectivity index (χ0) is 21.0. The van der Waals surface area contributed by atoms with Gasteiger partial charge >= 0.3 is 0 Å². The molecule has 6 heteroatoms. The molecule has 0 aliphatic heterocycles. The van der Waals surface area contributed by atoms with Gasteiger partial charge in [-0.3, -0.25) is 9.59 Å². The molecule has 1 heterocycles. The lowest BCUT2D eigenvalue weighted by Gasteiger charge is -2.30. The SMILES string of the molecule is CC[C@H](C)N(Cc1cc(NC(=O)C2CCC2)ccc1N(C)C)C(=O)c1ccco1. The fraction of sp³-hybridized carbons (Fsp3) is 0.478. The highest BCUT2D eigenvalue weighted by molar-refractivity contribution is 5.94. The molecule has 1 fully saturated rings. The summed E-state index contributed by atoms with van der Waals surface area (Å²) >= 11 is 0.